The van der Waals surface area contributed by atoms with Crippen LogP contribution in [0.15, 0.2) is 30.5 Å². The van der Waals surface area contributed by atoms with E-state index in [1.165, 1.54) is 6.20 Å². The van der Waals surface area contributed by atoms with Crippen molar-refractivity contribution in [3.63, 3.8) is 0 Å². The van der Waals surface area contributed by atoms with Gasteiger partial charge in [-0.3, -0.25) is 4.79 Å². The lowest BCUT2D eigenvalue weighted by molar-refractivity contribution is -0.139. The first-order valence-corrected chi connectivity index (χ1v) is 5.92. The summed E-state index contributed by atoms with van der Waals surface area (Å²) in [6, 6.07) is 6.35. The Labute approximate surface area is 112 Å². The third-order valence-electron chi connectivity index (χ3n) is 2.07. The number of nitrogens with one attached hydrogen (secondary N) is 1. The predicted molar refractivity (Wildman–Crippen MR) is 67.4 cm³/mol. The minimum Gasteiger partial charge on any atom is -0.482 e. The summed E-state index contributed by atoms with van der Waals surface area (Å²) < 4.78 is 12.5. The first-order chi connectivity index (χ1) is 9.15. The molecule has 2 rings (SSSR count). The highest BCUT2D eigenvalue weighted by molar-refractivity contribution is 6.99. The van der Waals surface area contributed by atoms with Gasteiger partial charge in [0.15, 0.2) is 12.3 Å². The van der Waals surface area contributed by atoms with E-state index in [9.17, 15) is 9.59 Å². The molecule has 0 aliphatic heterocycles. The van der Waals surface area contributed by atoms with E-state index in [1.54, 1.807) is 24.3 Å². The average Bonchev–Trinajstić information content (AvgIpc) is 2.92. The number of rotatable bonds is 5. The zero-order valence-electron chi connectivity index (χ0n) is 9.57. The van der Waals surface area contributed by atoms with Gasteiger partial charge < -0.3 is 15.2 Å². The highest BCUT2D eigenvalue weighted by atomic mass is 32.1. The van der Waals surface area contributed by atoms with Crippen molar-refractivity contribution in [2.45, 2.75) is 0 Å². The number of carboxylic acid groups (broad SMARTS) is 1. The summed E-state index contributed by atoms with van der Waals surface area (Å²) in [7, 11) is 0. The molecule has 1 heterocycles. The summed E-state index contributed by atoms with van der Waals surface area (Å²) in [5.41, 5.74) is 0.803. The Balaban J connectivity index is 1.95. The van der Waals surface area contributed by atoms with Gasteiger partial charge in [-0.05, 0) is 24.3 Å². The summed E-state index contributed by atoms with van der Waals surface area (Å²) in [5, 5.41) is 11.1. The molecule has 0 spiro atoms. The van der Waals surface area contributed by atoms with E-state index in [0.29, 0.717) is 11.4 Å². The van der Waals surface area contributed by atoms with E-state index in [0.717, 1.165) is 11.7 Å². The molecule has 98 valence electrons. The molecule has 19 heavy (non-hydrogen) atoms. The van der Waals surface area contributed by atoms with Gasteiger partial charge in [0, 0.05) is 5.69 Å². The Kier molecular flexibility index (Phi) is 4.04. The average molecular weight is 279 g/mol. The van der Waals surface area contributed by atoms with Gasteiger partial charge in [0.05, 0.1) is 17.9 Å². The standard InChI is InChI=1S/C11H9N3O4S/c15-10(16)6-18-8-3-1-7(2-4-8)13-11(17)9-5-12-19-14-9/h1-5H,6H2,(H,13,17)(H,15,16). The van der Waals surface area contributed by atoms with Crippen LogP contribution in [0.1, 0.15) is 10.5 Å². The number of anilines is 1. The first-order valence-electron chi connectivity index (χ1n) is 5.19. The number of nitrogens with zero attached hydrogens (tertiary/aromatic N) is 2. The molecule has 0 fully saturated rings. The van der Waals surface area contributed by atoms with Crippen LogP contribution >= 0.6 is 11.7 Å². The SMILES string of the molecule is O=C(O)COc1ccc(NC(=O)c2cnsn2)cc1. The van der Waals surface area contributed by atoms with Crippen LogP contribution in [0.2, 0.25) is 0 Å². The van der Waals surface area contributed by atoms with Gasteiger partial charge in [-0.2, -0.15) is 8.75 Å². The van der Waals surface area contributed by atoms with E-state index in [1.807, 2.05) is 0 Å². The molecule has 0 bridgehead atoms. The number of aliphatic carboxylic acids is 1. The molecule has 1 amide bonds. The smallest absolute Gasteiger partial charge is 0.341 e. The van der Waals surface area contributed by atoms with Gasteiger partial charge >= 0.3 is 5.97 Å². The molecule has 1 aromatic heterocycles. The molecule has 0 saturated heterocycles. The van der Waals surface area contributed by atoms with Crippen molar-refractivity contribution >= 4 is 29.3 Å². The number of hydrogen-bond acceptors (Lipinski definition) is 6. The Morgan fingerprint density at radius 1 is 1.32 bits per heavy atom. The summed E-state index contributed by atoms with van der Waals surface area (Å²) in [6.07, 6.45) is 1.38. The second kappa shape index (κ2) is 5.91. The normalized spacial score (nSPS) is 9.89. The lowest BCUT2D eigenvalue weighted by atomic mass is 10.3. The van der Waals surface area contributed by atoms with E-state index in [4.69, 9.17) is 9.84 Å². The number of carboxylic acids is 1. The molecular weight excluding hydrogens is 270 g/mol. The van der Waals surface area contributed by atoms with Crippen molar-refractivity contribution in [2.24, 2.45) is 0 Å². The maximum atomic E-state index is 11.7. The number of amides is 1. The van der Waals surface area contributed by atoms with Crippen molar-refractivity contribution < 1.29 is 19.4 Å². The molecule has 8 heteroatoms. The van der Waals surface area contributed by atoms with Gasteiger partial charge in [-0.25, -0.2) is 4.79 Å². The molecule has 1 aromatic carbocycles. The third-order valence-corrected chi connectivity index (χ3v) is 2.55. The van der Waals surface area contributed by atoms with Gasteiger partial charge in [-0.1, -0.05) is 0 Å². The van der Waals surface area contributed by atoms with Crippen molar-refractivity contribution in [1.82, 2.24) is 8.75 Å². The minimum atomic E-state index is -1.05. The van der Waals surface area contributed by atoms with Crippen molar-refractivity contribution in [1.29, 1.82) is 0 Å². The maximum absolute atomic E-state index is 11.7. The van der Waals surface area contributed by atoms with Crippen molar-refractivity contribution in [2.75, 3.05) is 11.9 Å². The highest BCUT2D eigenvalue weighted by Gasteiger charge is 2.08. The van der Waals surface area contributed by atoms with Crippen LogP contribution in [0.3, 0.4) is 0 Å². The van der Waals surface area contributed by atoms with Crippen molar-refractivity contribution in [3.8, 4) is 5.75 Å². The molecule has 0 atom stereocenters. The van der Waals surface area contributed by atoms with E-state index >= 15 is 0 Å². The number of carbonyl (C=O) groups excluding carboxylic acids is 1. The summed E-state index contributed by atoms with van der Waals surface area (Å²) in [4.78, 5) is 22.0. The number of benzene rings is 1. The van der Waals surface area contributed by atoms with Crippen molar-refractivity contribution in [3.05, 3.63) is 36.2 Å². The summed E-state index contributed by atoms with van der Waals surface area (Å²) >= 11 is 0.954. The molecular formula is C11H9N3O4S. The number of carbonyl (C=O) groups is 2. The molecule has 0 radical (unpaired) electrons. The fraction of sp³-hybridized carbons (Fsp3) is 0.0909. The number of hydrogen-bond donors (Lipinski definition) is 2. The van der Waals surface area contributed by atoms with Gasteiger partial charge in [0.2, 0.25) is 0 Å². The predicted octanol–water partition coefficient (Wildman–Crippen LogP) is 1.25. The third kappa shape index (κ3) is 3.75. The second-order valence-corrected chi connectivity index (χ2v) is 4.01. The minimum absolute atomic E-state index is 0.246. The maximum Gasteiger partial charge on any atom is 0.341 e. The number of aromatic nitrogens is 2. The molecule has 2 N–H and O–H groups in total. The Hall–Kier alpha value is -2.48. The van der Waals surface area contributed by atoms with Gasteiger partial charge in [0.1, 0.15) is 5.75 Å². The highest BCUT2D eigenvalue weighted by Crippen LogP contribution is 2.16. The van der Waals surface area contributed by atoms with E-state index < -0.39 is 12.6 Å². The molecule has 7 nitrogen and oxygen atoms in total. The van der Waals surface area contributed by atoms with E-state index in [2.05, 4.69) is 14.1 Å². The fourth-order valence-corrected chi connectivity index (χ4v) is 1.65. The van der Waals surface area contributed by atoms with Crippen LogP contribution in [0.5, 0.6) is 5.75 Å². The van der Waals surface area contributed by atoms with Crippen LogP contribution in [-0.4, -0.2) is 32.3 Å². The van der Waals surface area contributed by atoms with Gasteiger partial charge in [0.25, 0.3) is 5.91 Å². The van der Waals surface area contributed by atoms with E-state index in [-0.39, 0.29) is 11.6 Å². The van der Waals surface area contributed by atoms with Crippen LogP contribution in [0.25, 0.3) is 0 Å². The zero-order valence-corrected chi connectivity index (χ0v) is 10.4. The van der Waals surface area contributed by atoms with Crippen LogP contribution in [0, 0.1) is 0 Å². The lowest BCUT2D eigenvalue weighted by Crippen LogP contribution is -2.12. The Morgan fingerprint density at radius 3 is 2.63 bits per heavy atom. The van der Waals surface area contributed by atoms with Gasteiger partial charge in [-0.15, -0.1) is 0 Å². The Bertz CT molecular complexity index is 568. The largest absolute Gasteiger partial charge is 0.482 e. The topological polar surface area (TPSA) is 101 Å². The number of ether oxygens (including phenoxy) is 1. The van der Waals surface area contributed by atoms with Crippen LogP contribution in [0.4, 0.5) is 5.69 Å². The monoisotopic (exact) mass is 279 g/mol. The molecule has 2 aromatic rings. The van der Waals surface area contributed by atoms with Crippen LogP contribution < -0.4 is 10.1 Å². The van der Waals surface area contributed by atoms with Crippen LogP contribution in [-0.2, 0) is 4.79 Å². The lowest BCUT2D eigenvalue weighted by Gasteiger charge is -2.05. The molecule has 0 aliphatic rings. The second-order valence-electron chi connectivity index (χ2n) is 3.45. The first kappa shape index (κ1) is 13.0. The quantitative estimate of drug-likeness (QED) is 0.854. The summed E-state index contributed by atoms with van der Waals surface area (Å²) in [6.45, 7) is -0.407. The summed E-state index contributed by atoms with van der Waals surface area (Å²) in [5.74, 6) is -0.989. The molecule has 0 saturated carbocycles. The molecule has 0 unspecified atom stereocenters. The zero-order chi connectivity index (χ0) is 13.7. The fourth-order valence-electron chi connectivity index (χ4n) is 1.24. The Morgan fingerprint density at radius 2 is 2.05 bits per heavy atom. The molecule has 0 aliphatic carbocycles.